The first-order chi connectivity index (χ1) is 20.9. The molecule has 43 heavy (non-hydrogen) atoms. The average Bonchev–Trinajstić information content (AvgIpc) is 3.64. The number of piperazine rings is 1. The molecule has 13 heteroatoms. The van der Waals surface area contributed by atoms with Crippen LogP contribution in [0.5, 0.6) is 5.75 Å². The van der Waals surface area contributed by atoms with Crippen molar-refractivity contribution in [2.24, 2.45) is 0 Å². The topological polar surface area (TPSA) is 120 Å². The van der Waals surface area contributed by atoms with Crippen molar-refractivity contribution in [1.82, 2.24) is 24.6 Å². The van der Waals surface area contributed by atoms with Gasteiger partial charge in [-0.05, 0) is 55.3 Å². The number of nitro groups is 1. The zero-order valence-corrected chi connectivity index (χ0v) is 25.3. The summed E-state index contributed by atoms with van der Waals surface area (Å²) in [5, 5.41) is 21.4. The summed E-state index contributed by atoms with van der Waals surface area (Å²) in [5.74, 6) is 1.67. The minimum absolute atomic E-state index is 0.0279. The summed E-state index contributed by atoms with van der Waals surface area (Å²) in [4.78, 5) is 32.6. The van der Waals surface area contributed by atoms with E-state index in [1.807, 2.05) is 58.0 Å². The third-order valence-corrected chi connectivity index (χ3v) is 9.35. The molecule has 0 spiro atoms. The molecule has 1 fully saturated rings. The molecule has 0 bridgehead atoms. The first-order valence-electron chi connectivity index (χ1n) is 13.8. The Morgan fingerprint density at radius 2 is 1.79 bits per heavy atom. The van der Waals surface area contributed by atoms with Gasteiger partial charge in [-0.15, -0.1) is 10.2 Å². The van der Waals surface area contributed by atoms with Gasteiger partial charge in [0, 0.05) is 44.0 Å². The monoisotopic (exact) mass is 615 g/mol. The SMILES string of the molecule is Cc1ccc(OCc2nnc(SCC(=O)N3CCN(c4nc5ccc([N+](=O)[O-])cc5s4)CC3)n2-c2ccccc2)cc1C. The Hall–Kier alpha value is -4.49. The molecular formula is C30H29N7O4S2. The van der Waals surface area contributed by atoms with Crippen LogP contribution in [0.25, 0.3) is 15.9 Å². The number of fused-ring (bicyclic) bond motifs is 1. The van der Waals surface area contributed by atoms with Crippen LogP contribution in [0, 0.1) is 24.0 Å². The van der Waals surface area contributed by atoms with Gasteiger partial charge in [-0.3, -0.25) is 19.5 Å². The van der Waals surface area contributed by atoms with Crippen LogP contribution in [-0.2, 0) is 11.4 Å². The van der Waals surface area contributed by atoms with E-state index in [2.05, 4.69) is 33.9 Å². The van der Waals surface area contributed by atoms with E-state index in [-0.39, 0.29) is 24.0 Å². The summed E-state index contributed by atoms with van der Waals surface area (Å²) in [6.45, 7) is 6.76. The first kappa shape index (κ1) is 28.6. The second-order valence-corrected chi connectivity index (χ2v) is 12.1. The van der Waals surface area contributed by atoms with Crippen LogP contribution in [0.1, 0.15) is 17.0 Å². The Bertz CT molecular complexity index is 1780. The van der Waals surface area contributed by atoms with Crippen LogP contribution in [0.2, 0.25) is 0 Å². The van der Waals surface area contributed by atoms with Gasteiger partial charge in [0.2, 0.25) is 5.91 Å². The number of nitrogens with zero attached hydrogens (tertiary/aromatic N) is 7. The summed E-state index contributed by atoms with van der Waals surface area (Å²) in [6, 6.07) is 20.5. The van der Waals surface area contributed by atoms with Gasteiger partial charge >= 0.3 is 0 Å². The van der Waals surface area contributed by atoms with Gasteiger partial charge in [-0.25, -0.2) is 4.98 Å². The molecule has 1 saturated heterocycles. The maximum absolute atomic E-state index is 13.2. The summed E-state index contributed by atoms with van der Waals surface area (Å²) in [5.41, 5.74) is 4.05. The minimum atomic E-state index is -0.398. The van der Waals surface area contributed by atoms with E-state index in [9.17, 15) is 14.9 Å². The summed E-state index contributed by atoms with van der Waals surface area (Å²) in [7, 11) is 0. The van der Waals surface area contributed by atoms with Crippen LogP contribution in [-0.4, -0.2) is 67.4 Å². The van der Waals surface area contributed by atoms with E-state index in [0.717, 1.165) is 32.3 Å². The van der Waals surface area contributed by atoms with E-state index in [4.69, 9.17) is 4.74 Å². The van der Waals surface area contributed by atoms with E-state index in [1.165, 1.54) is 34.7 Å². The highest BCUT2D eigenvalue weighted by atomic mass is 32.2. The lowest BCUT2D eigenvalue weighted by atomic mass is 10.1. The van der Waals surface area contributed by atoms with Gasteiger partial charge in [-0.1, -0.05) is 47.4 Å². The highest BCUT2D eigenvalue weighted by Crippen LogP contribution is 2.32. The quantitative estimate of drug-likeness (QED) is 0.122. The number of aromatic nitrogens is 4. The molecule has 11 nitrogen and oxygen atoms in total. The molecule has 0 atom stereocenters. The van der Waals surface area contributed by atoms with Gasteiger partial charge in [0.1, 0.15) is 12.4 Å². The number of aryl methyl sites for hydroxylation is 2. The normalized spacial score (nSPS) is 13.4. The number of ether oxygens (including phenoxy) is 1. The fraction of sp³-hybridized carbons (Fsp3) is 0.267. The average molecular weight is 616 g/mol. The molecule has 0 radical (unpaired) electrons. The van der Waals surface area contributed by atoms with Crippen molar-refractivity contribution in [3.05, 3.63) is 93.8 Å². The Balaban J connectivity index is 1.09. The molecule has 2 aromatic heterocycles. The smallest absolute Gasteiger partial charge is 0.270 e. The van der Waals surface area contributed by atoms with Gasteiger partial charge in [0.15, 0.2) is 16.1 Å². The number of hydrogen-bond donors (Lipinski definition) is 0. The fourth-order valence-corrected chi connectivity index (χ4v) is 6.71. The zero-order chi connectivity index (χ0) is 29.9. The van der Waals surface area contributed by atoms with E-state index < -0.39 is 4.92 Å². The maximum atomic E-state index is 13.2. The molecule has 1 aliphatic rings. The second kappa shape index (κ2) is 12.4. The Kier molecular flexibility index (Phi) is 8.25. The Morgan fingerprint density at radius 1 is 1.00 bits per heavy atom. The number of nitro benzene ring substituents is 1. The van der Waals surface area contributed by atoms with Crippen LogP contribution in [0.3, 0.4) is 0 Å². The second-order valence-electron chi connectivity index (χ2n) is 10.2. The van der Waals surface area contributed by atoms with Gasteiger partial charge in [0.05, 0.1) is 20.9 Å². The van der Waals surface area contributed by atoms with Crippen LogP contribution in [0.4, 0.5) is 10.8 Å². The van der Waals surface area contributed by atoms with Crippen molar-refractivity contribution in [3.8, 4) is 11.4 Å². The van der Waals surface area contributed by atoms with Crippen LogP contribution >= 0.6 is 23.1 Å². The predicted octanol–water partition coefficient (Wildman–Crippen LogP) is 5.42. The van der Waals surface area contributed by atoms with Crippen molar-refractivity contribution < 1.29 is 14.5 Å². The number of carbonyl (C=O) groups excluding carboxylic acids is 1. The number of thioether (sulfide) groups is 1. The molecule has 0 saturated carbocycles. The molecule has 3 aromatic carbocycles. The van der Waals surface area contributed by atoms with Crippen LogP contribution in [0.15, 0.2) is 71.9 Å². The van der Waals surface area contributed by atoms with E-state index in [1.54, 1.807) is 12.1 Å². The standard InChI is InChI=1S/C30H29N7O4S2/c1-20-8-10-24(16-21(20)2)41-18-27-32-33-30(36(27)22-6-4-3-5-7-22)42-19-28(38)34-12-14-35(15-13-34)29-31-25-11-9-23(37(39)40)17-26(25)43-29/h3-11,16-17H,12-15,18-19H2,1-2H3. The largest absolute Gasteiger partial charge is 0.486 e. The number of carbonyl (C=O) groups is 1. The third kappa shape index (κ3) is 6.32. The minimum Gasteiger partial charge on any atom is -0.486 e. The molecule has 5 aromatic rings. The molecule has 0 N–H and O–H groups in total. The first-order valence-corrected chi connectivity index (χ1v) is 15.6. The molecule has 6 rings (SSSR count). The number of rotatable bonds is 9. The lowest BCUT2D eigenvalue weighted by molar-refractivity contribution is -0.384. The number of benzene rings is 3. The molecular weight excluding hydrogens is 587 g/mol. The number of para-hydroxylation sites is 1. The molecule has 0 unspecified atom stereocenters. The van der Waals surface area contributed by atoms with Gasteiger partial charge in [0.25, 0.3) is 5.69 Å². The molecule has 0 aliphatic carbocycles. The van der Waals surface area contributed by atoms with Crippen molar-refractivity contribution >= 4 is 50.0 Å². The van der Waals surface area contributed by atoms with E-state index >= 15 is 0 Å². The molecule has 220 valence electrons. The number of amides is 1. The highest BCUT2D eigenvalue weighted by molar-refractivity contribution is 7.99. The Morgan fingerprint density at radius 3 is 2.53 bits per heavy atom. The summed E-state index contributed by atoms with van der Waals surface area (Å²) >= 11 is 2.79. The predicted molar refractivity (Wildman–Crippen MR) is 167 cm³/mol. The van der Waals surface area contributed by atoms with Crippen molar-refractivity contribution in [2.45, 2.75) is 25.6 Å². The number of hydrogen-bond acceptors (Lipinski definition) is 10. The fourth-order valence-electron chi connectivity index (χ4n) is 4.79. The number of anilines is 1. The highest BCUT2D eigenvalue weighted by Gasteiger charge is 2.25. The van der Waals surface area contributed by atoms with Crippen molar-refractivity contribution in [3.63, 3.8) is 0 Å². The van der Waals surface area contributed by atoms with Crippen molar-refractivity contribution in [2.75, 3.05) is 36.8 Å². The molecule has 1 aliphatic heterocycles. The van der Waals surface area contributed by atoms with Gasteiger partial charge in [-0.2, -0.15) is 0 Å². The maximum Gasteiger partial charge on any atom is 0.270 e. The number of thiazole rings is 1. The van der Waals surface area contributed by atoms with Crippen LogP contribution < -0.4 is 9.64 Å². The van der Waals surface area contributed by atoms with Gasteiger partial charge < -0.3 is 14.5 Å². The lowest BCUT2D eigenvalue weighted by Crippen LogP contribution is -2.49. The molecule has 3 heterocycles. The Labute approximate surface area is 256 Å². The number of non-ortho nitro benzene ring substituents is 1. The lowest BCUT2D eigenvalue weighted by Gasteiger charge is -2.34. The summed E-state index contributed by atoms with van der Waals surface area (Å²) in [6.07, 6.45) is 0. The van der Waals surface area contributed by atoms with Crippen molar-refractivity contribution in [1.29, 1.82) is 0 Å². The zero-order valence-electron chi connectivity index (χ0n) is 23.7. The third-order valence-electron chi connectivity index (χ3n) is 7.36. The molecule has 1 amide bonds. The summed E-state index contributed by atoms with van der Waals surface area (Å²) < 4.78 is 8.78. The van der Waals surface area contributed by atoms with E-state index in [0.29, 0.717) is 37.2 Å².